The van der Waals surface area contributed by atoms with Crippen LogP contribution in [0.4, 0.5) is 0 Å². The van der Waals surface area contributed by atoms with Gasteiger partial charge in [0.1, 0.15) is 0 Å². The van der Waals surface area contributed by atoms with Crippen LogP contribution in [0, 0.1) is 0 Å². The molecule has 56 valence electrons. The van der Waals surface area contributed by atoms with Crippen LogP contribution in [0.15, 0.2) is 27.2 Å². The van der Waals surface area contributed by atoms with Gasteiger partial charge in [-0.2, -0.15) is 0 Å². The average Bonchev–Trinajstić information content (AvgIpc) is 1.81. The number of nitrogens with zero attached hydrogens (tertiary/aromatic N) is 1. The van der Waals surface area contributed by atoms with Gasteiger partial charge in [0.15, 0.2) is 0 Å². The number of hydrogen-bond acceptors (Lipinski definition) is 1. The maximum Gasteiger partial charge on any atom is 0.0988 e. The molecule has 0 fully saturated rings. The van der Waals surface area contributed by atoms with E-state index in [4.69, 9.17) is 0 Å². The zero-order valence-corrected chi connectivity index (χ0v) is 9.00. The number of halogens is 2. The van der Waals surface area contributed by atoms with Gasteiger partial charge in [-0.25, -0.2) is 4.99 Å². The fourth-order valence-electron chi connectivity index (χ4n) is 0.478. The van der Waals surface area contributed by atoms with Crippen LogP contribution in [0.2, 0.25) is 0 Å². The molecule has 10 heavy (non-hydrogen) atoms. The van der Waals surface area contributed by atoms with Gasteiger partial charge in [0.05, 0.1) is 10.3 Å². The van der Waals surface area contributed by atoms with E-state index in [1.165, 1.54) is 0 Å². The molecule has 0 aliphatic carbocycles. The topological polar surface area (TPSA) is 12.4 Å². The first-order chi connectivity index (χ1) is 4.57. The minimum atomic E-state index is 0.630. The summed E-state index contributed by atoms with van der Waals surface area (Å²) in [6.45, 7) is 9.31. The minimum Gasteiger partial charge on any atom is -0.245 e. The van der Waals surface area contributed by atoms with Gasteiger partial charge < -0.3 is 0 Å². The van der Waals surface area contributed by atoms with Crippen molar-refractivity contribution in [2.24, 2.45) is 4.99 Å². The van der Waals surface area contributed by atoms with E-state index in [1.54, 1.807) is 0 Å². The zero-order chi connectivity index (χ0) is 8.15. The average molecular weight is 267 g/mol. The molecule has 0 aromatic carbocycles. The fraction of sp³-hybridized carbons (Fsp3) is 0.286. The molecular weight excluding hydrogens is 258 g/mol. The standard InChI is InChI=1S/C7H9Br2N/c1-4-7(5(2)8)10-6(3)9/h2-4H2,1H3/b10-7-. The van der Waals surface area contributed by atoms with E-state index in [9.17, 15) is 0 Å². The maximum atomic E-state index is 4.09. The molecular formula is C7H9Br2N. The van der Waals surface area contributed by atoms with Crippen LogP contribution in [-0.2, 0) is 0 Å². The van der Waals surface area contributed by atoms with Crippen LogP contribution in [0.1, 0.15) is 13.3 Å². The molecule has 0 aromatic rings. The second-order valence-corrected chi connectivity index (χ2v) is 3.57. The lowest BCUT2D eigenvalue weighted by Crippen LogP contribution is -1.93. The summed E-state index contributed by atoms with van der Waals surface area (Å²) in [6, 6.07) is 0. The molecule has 3 heteroatoms. The van der Waals surface area contributed by atoms with Gasteiger partial charge in [0.25, 0.3) is 0 Å². The van der Waals surface area contributed by atoms with Crippen molar-refractivity contribution >= 4 is 37.6 Å². The Morgan fingerprint density at radius 1 is 1.40 bits per heavy atom. The predicted octanol–water partition coefficient (Wildman–Crippen LogP) is 3.61. The Hall–Kier alpha value is 0.110. The third kappa shape index (κ3) is 4.01. The highest BCUT2D eigenvalue weighted by Crippen LogP contribution is 2.12. The van der Waals surface area contributed by atoms with Crippen LogP contribution in [0.5, 0.6) is 0 Å². The van der Waals surface area contributed by atoms with Crippen LogP contribution in [0.25, 0.3) is 0 Å². The molecule has 0 radical (unpaired) electrons. The van der Waals surface area contributed by atoms with Crippen molar-refractivity contribution in [2.45, 2.75) is 13.3 Å². The molecule has 0 amide bonds. The van der Waals surface area contributed by atoms with Crippen LogP contribution in [-0.4, -0.2) is 5.71 Å². The molecule has 0 aliphatic heterocycles. The molecule has 0 spiro atoms. The normalized spacial score (nSPS) is 11.3. The van der Waals surface area contributed by atoms with Gasteiger partial charge in [-0.15, -0.1) is 0 Å². The lowest BCUT2D eigenvalue weighted by Gasteiger charge is -1.97. The van der Waals surface area contributed by atoms with E-state index < -0.39 is 0 Å². The Morgan fingerprint density at radius 2 is 1.90 bits per heavy atom. The van der Waals surface area contributed by atoms with E-state index >= 15 is 0 Å². The van der Waals surface area contributed by atoms with Gasteiger partial charge >= 0.3 is 0 Å². The van der Waals surface area contributed by atoms with Crippen LogP contribution in [0.3, 0.4) is 0 Å². The number of aliphatic imine (C=N–C) groups is 1. The molecule has 0 bridgehead atoms. The van der Waals surface area contributed by atoms with E-state index in [1.807, 2.05) is 6.92 Å². The first-order valence-electron chi connectivity index (χ1n) is 2.84. The highest BCUT2D eigenvalue weighted by molar-refractivity contribution is 9.12. The van der Waals surface area contributed by atoms with E-state index in [0.29, 0.717) is 4.61 Å². The third-order valence-corrected chi connectivity index (χ3v) is 1.54. The molecule has 0 atom stereocenters. The van der Waals surface area contributed by atoms with Gasteiger partial charge in [-0.1, -0.05) is 20.1 Å². The van der Waals surface area contributed by atoms with Crippen LogP contribution >= 0.6 is 31.9 Å². The molecule has 0 aromatic heterocycles. The summed E-state index contributed by atoms with van der Waals surface area (Å²) in [5, 5.41) is 0. The highest BCUT2D eigenvalue weighted by Gasteiger charge is 1.96. The largest absolute Gasteiger partial charge is 0.245 e. The van der Waals surface area contributed by atoms with Crippen molar-refractivity contribution in [1.82, 2.24) is 0 Å². The summed E-state index contributed by atoms with van der Waals surface area (Å²) >= 11 is 6.38. The summed E-state index contributed by atoms with van der Waals surface area (Å²) in [5.74, 6) is 0. The SMILES string of the molecule is C=C(Br)/N=C(/CC)C(=C)Br. The van der Waals surface area contributed by atoms with Crippen molar-refractivity contribution in [3.8, 4) is 0 Å². The van der Waals surface area contributed by atoms with Crippen molar-refractivity contribution in [3.63, 3.8) is 0 Å². The van der Waals surface area contributed by atoms with Crippen molar-refractivity contribution in [3.05, 3.63) is 22.2 Å². The Labute approximate surface area is 78.2 Å². The summed E-state index contributed by atoms with van der Waals surface area (Å²) in [7, 11) is 0. The molecule has 1 nitrogen and oxygen atoms in total. The molecule has 0 heterocycles. The third-order valence-electron chi connectivity index (χ3n) is 0.904. The second kappa shape index (κ2) is 4.85. The number of hydrogen-bond donors (Lipinski definition) is 0. The molecule has 0 saturated carbocycles. The summed E-state index contributed by atoms with van der Waals surface area (Å²) in [4.78, 5) is 4.09. The monoisotopic (exact) mass is 265 g/mol. The molecule has 0 rings (SSSR count). The molecule has 0 aliphatic rings. The predicted molar refractivity (Wildman–Crippen MR) is 53.9 cm³/mol. The Morgan fingerprint density at radius 3 is 2.00 bits per heavy atom. The first kappa shape index (κ1) is 10.1. The molecule has 0 N–H and O–H groups in total. The Bertz CT molecular complexity index is 182. The van der Waals surface area contributed by atoms with Gasteiger partial charge in [0.2, 0.25) is 0 Å². The number of rotatable bonds is 3. The first-order valence-corrected chi connectivity index (χ1v) is 4.43. The van der Waals surface area contributed by atoms with Crippen LogP contribution < -0.4 is 0 Å². The highest BCUT2D eigenvalue weighted by atomic mass is 79.9. The van der Waals surface area contributed by atoms with Crippen molar-refractivity contribution in [1.29, 1.82) is 0 Å². The maximum absolute atomic E-state index is 4.09. The summed E-state index contributed by atoms with van der Waals surface area (Å²) < 4.78 is 1.44. The lowest BCUT2D eigenvalue weighted by atomic mass is 10.3. The zero-order valence-electron chi connectivity index (χ0n) is 5.82. The summed E-state index contributed by atoms with van der Waals surface area (Å²) in [5.41, 5.74) is 0.918. The van der Waals surface area contributed by atoms with Gasteiger partial charge in [0, 0.05) is 4.48 Å². The molecule has 0 saturated heterocycles. The Kier molecular flexibility index (Phi) is 4.91. The smallest absolute Gasteiger partial charge is 0.0988 e. The van der Waals surface area contributed by atoms with Crippen molar-refractivity contribution in [2.75, 3.05) is 0 Å². The van der Waals surface area contributed by atoms with Crippen molar-refractivity contribution < 1.29 is 0 Å². The minimum absolute atomic E-state index is 0.630. The fourth-order valence-corrected chi connectivity index (χ4v) is 1.06. The van der Waals surface area contributed by atoms with Gasteiger partial charge in [-0.3, -0.25) is 0 Å². The lowest BCUT2D eigenvalue weighted by molar-refractivity contribution is 1.27. The van der Waals surface area contributed by atoms with Gasteiger partial charge in [-0.05, 0) is 38.3 Å². The quantitative estimate of drug-likeness (QED) is 0.547. The van der Waals surface area contributed by atoms with E-state index in [-0.39, 0.29) is 0 Å². The molecule has 0 unspecified atom stereocenters. The van der Waals surface area contributed by atoms with E-state index in [2.05, 4.69) is 50.0 Å². The van der Waals surface area contributed by atoms with E-state index in [0.717, 1.165) is 16.6 Å². The Balaban J connectivity index is 4.34. The second-order valence-electron chi connectivity index (χ2n) is 1.69. The summed E-state index contributed by atoms with van der Waals surface area (Å²) in [6.07, 6.45) is 0.856. The number of allylic oxidation sites excluding steroid dienone is 1.